The van der Waals surface area contributed by atoms with Crippen molar-refractivity contribution < 1.29 is 19.1 Å². The van der Waals surface area contributed by atoms with Crippen molar-refractivity contribution in [3.63, 3.8) is 0 Å². The SMILES string of the molecule is C=CCC1O[C@H](C)[C@H](NC(=O)/C=C\C(C)OC(C)=O)CC1C. The lowest BCUT2D eigenvalue weighted by Crippen LogP contribution is -2.50. The molecule has 5 atom stereocenters. The first kappa shape index (κ1) is 18.4. The lowest BCUT2D eigenvalue weighted by molar-refractivity contribution is -0.143. The Kier molecular flexibility index (Phi) is 7.32. The van der Waals surface area contributed by atoms with Gasteiger partial charge in [-0.3, -0.25) is 9.59 Å². The normalized spacial score (nSPS) is 29.8. The van der Waals surface area contributed by atoms with Crippen molar-refractivity contribution in [3.8, 4) is 0 Å². The Morgan fingerprint density at radius 2 is 2.14 bits per heavy atom. The van der Waals surface area contributed by atoms with Crippen LogP contribution in [0.25, 0.3) is 0 Å². The third-order valence-electron chi connectivity index (χ3n) is 3.81. The topological polar surface area (TPSA) is 64.6 Å². The summed E-state index contributed by atoms with van der Waals surface area (Å²) >= 11 is 0. The molecule has 0 aromatic carbocycles. The second-order valence-electron chi connectivity index (χ2n) is 5.91. The van der Waals surface area contributed by atoms with Crippen LogP contribution in [-0.2, 0) is 19.1 Å². The molecule has 3 unspecified atom stereocenters. The maximum absolute atomic E-state index is 12.0. The molecule has 1 fully saturated rings. The predicted octanol–water partition coefficient (Wildman–Crippen LogP) is 2.37. The quantitative estimate of drug-likeness (QED) is 0.465. The van der Waals surface area contributed by atoms with E-state index in [1.165, 1.54) is 13.0 Å². The Morgan fingerprint density at radius 3 is 2.73 bits per heavy atom. The molecule has 0 radical (unpaired) electrons. The molecule has 0 spiro atoms. The summed E-state index contributed by atoms with van der Waals surface area (Å²) in [5.74, 6) is -0.203. The molecule has 0 aromatic heterocycles. The maximum Gasteiger partial charge on any atom is 0.303 e. The zero-order chi connectivity index (χ0) is 16.7. The zero-order valence-electron chi connectivity index (χ0n) is 13.9. The number of amides is 1. The fourth-order valence-corrected chi connectivity index (χ4v) is 2.63. The monoisotopic (exact) mass is 309 g/mol. The maximum atomic E-state index is 12.0. The highest BCUT2D eigenvalue weighted by molar-refractivity contribution is 5.87. The first-order chi connectivity index (χ1) is 10.3. The lowest BCUT2D eigenvalue weighted by atomic mass is 9.88. The lowest BCUT2D eigenvalue weighted by Gasteiger charge is -2.39. The van der Waals surface area contributed by atoms with Crippen LogP contribution < -0.4 is 5.32 Å². The fourth-order valence-electron chi connectivity index (χ4n) is 2.63. The van der Waals surface area contributed by atoms with Crippen molar-refractivity contribution in [1.29, 1.82) is 0 Å². The van der Waals surface area contributed by atoms with E-state index < -0.39 is 6.10 Å². The van der Waals surface area contributed by atoms with Crippen LogP contribution in [0.1, 0.15) is 40.5 Å². The van der Waals surface area contributed by atoms with Crippen LogP contribution >= 0.6 is 0 Å². The first-order valence-electron chi connectivity index (χ1n) is 7.75. The summed E-state index contributed by atoms with van der Waals surface area (Å²) in [6, 6.07) is -0.0164. The highest BCUT2D eigenvalue weighted by Crippen LogP contribution is 2.27. The largest absolute Gasteiger partial charge is 0.459 e. The van der Waals surface area contributed by atoms with Crippen molar-refractivity contribution in [2.24, 2.45) is 5.92 Å². The van der Waals surface area contributed by atoms with E-state index in [1.54, 1.807) is 13.0 Å². The van der Waals surface area contributed by atoms with E-state index in [-0.39, 0.29) is 30.1 Å². The molecular weight excluding hydrogens is 282 g/mol. The highest BCUT2D eigenvalue weighted by atomic mass is 16.5. The van der Waals surface area contributed by atoms with E-state index in [4.69, 9.17) is 9.47 Å². The molecule has 124 valence electrons. The molecule has 22 heavy (non-hydrogen) atoms. The number of hydrogen-bond donors (Lipinski definition) is 1. The van der Waals surface area contributed by atoms with E-state index in [2.05, 4.69) is 18.8 Å². The summed E-state index contributed by atoms with van der Waals surface area (Å²) in [5.41, 5.74) is 0. The van der Waals surface area contributed by atoms with Gasteiger partial charge in [0.05, 0.1) is 18.2 Å². The Labute approximate surface area is 132 Å². The molecule has 1 aliphatic rings. The zero-order valence-corrected chi connectivity index (χ0v) is 13.9. The van der Waals surface area contributed by atoms with Crippen LogP contribution in [0.3, 0.4) is 0 Å². The predicted molar refractivity (Wildman–Crippen MR) is 85.2 cm³/mol. The van der Waals surface area contributed by atoms with E-state index in [0.29, 0.717) is 5.92 Å². The Bertz CT molecular complexity index is 432. The van der Waals surface area contributed by atoms with Gasteiger partial charge >= 0.3 is 5.97 Å². The van der Waals surface area contributed by atoms with Crippen LogP contribution in [0.4, 0.5) is 0 Å². The summed E-state index contributed by atoms with van der Waals surface area (Å²) < 4.78 is 10.9. The molecule has 1 heterocycles. The van der Waals surface area contributed by atoms with Crippen LogP contribution in [0.15, 0.2) is 24.8 Å². The van der Waals surface area contributed by atoms with Crippen molar-refractivity contribution in [2.45, 2.75) is 64.9 Å². The Morgan fingerprint density at radius 1 is 1.45 bits per heavy atom. The number of carbonyl (C=O) groups is 2. The number of nitrogens with one attached hydrogen (secondary N) is 1. The van der Waals surface area contributed by atoms with Gasteiger partial charge in [0.2, 0.25) is 5.91 Å². The number of carbonyl (C=O) groups excluding carboxylic acids is 2. The summed E-state index contributed by atoms with van der Waals surface area (Å²) in [6.45, 7) is 10.9. The highest BCUT2D eigenvalue weighted by Gasteiger charge is 2.33. The molecule has 1 N–H and O–H groups in total. The summed E-state index contributed by atoms with van der Waals surface area (Å²) in [4.78, 5) is 22.7. The van der Waals surface area contributed by atoms with Gasteiger partial charge in [0.15, 0.2) is 0 Å². The number of esters is 1. The van der Waals surface area contributed by atoms with E-state index in [9.17, 15) is 9.59 Å². The van der Waals surface area contributed by atoms with Crippen LogP contribution in [0, 0.1) is 5.92 Å². The summed E-state index contributed by atoms with van der Waals surface area (Å²) in [7, 11) is 0. The van der Waals surface area contributed by atoms with E-state index in [1.807, 2.05) is 13.0 Å². The second-order valence-corrected chi connectivity index (χ2v) is 5.91. The minimum atomic E-state index is -0.417. The van der Waals surface area contributed by atoms with E-state index in [0.717, 1.165) is 12.8 Å². The minimum absolute atomic E-state index is 0.0164. The van der Waals surface area contributed by atoms with Gasteiger partial charge in [-0.05, 0) is 38.7 Å². The average molecular weight is 309 g/mol. The van der Waals surface area contributed by atoms with Crippen LogP contribution in [-0.4, -0.2) is 36.2 Å². The fraction of sp³-hybridized carbons (Fsp3) is 0.647. The Balaban J connectivity index is 2.49. The van der Waals surface area contributed by atoms with Gasteiger partial charge in [0.1, 0.15) is 6.10 Å². The Hall–Kier alpha value is -1.62. The van der Waals surface area contributed by atoms with Crippen LogP contribution in [0.5, 0.6) is 0 Å². The number of ether oxygens (including phenoxy) is 2. The van der Waals surface area contributed by atoms with Gasteiger partial charge in [0.25, 0.3) is 0 Å². The van der Waals surface area contributed by atoms with Crippen molar-refractivity contribution in [3.05, 3.63) is 24.8 Å². The van der Waals surface area contributed by atoms with Gasteiger partial charge in [0, 0.05) is 13.0 Å². The van der Waals surface area contributed by atoms with Crippen LogP contribution in [0.2, 0.25) is 0 Å². The minimum Gasteiger partial charge on any atom is -0.459 e. The van der Waals surface area contributed by atoms with Gasteiger partial charge < -0.3 is 14.8 Å². The van der Waals surface area contributed by atoms with Gasteiger partial charge in [-0.15, -0.1) is 6.58 Å². The molecule has 0 bridgehead atoms. The van der Waals surface area contributed by atoms with Gasteiger partial charge in [-0.25, -0.2) is 0 Å². The van der Waals surface area contributed by atoms with Gasteiger partial charge in [-0.1, -0.05) is 13.0 Å². The summed E-state index contributed by atoms with van der Waals surface area (Å²) in [5, 5.41) is 2.95. The summed E-state index contributed by atoms with van der Waals surface area (Å²) in [6.07, 6.45) is 6.25. The molecule has 5 nitrogen and oxygen atoms in total. The first-order valence-corrected chi connectivity index (χ1v) is 7.75. The van der Waals surface area contributed by atoms with Crippen molar-refractivity contribution >= 4 is 11.9 Å². The molecule has 1 aliphatic heterocycles. The molecule has 0 aliphatic carbocycles. The average Bonchev–Trinajstić information content (AvgIpc) is 2.41. The second kappa shape index (κ2) is 8.73. The van der Waals surface area contributed by atoms with Crippen molar-refractivity contribution in [1.82, 2.24) is 5.32 Å². The van der Waals surface area contributed by atoms with E-state index >= 15 is 0 Å². The third-order valence-corrected chi connectivity index (χ3v) is 3.81. The molecule has 1 rings (SSSR count). The number of hydrogen-bond acceptors (Lipinski definition) is 4. The molecule has 0 saturated carbocycles. The molecular formula is C17H27NO4. The molecule has 1 saturated heterocycles. The van der Waals surface area contributed by atoms with Gasteiger partial charge in [-0.2, -0.15) is 0 Å². The smallest absolute Gasteiger partial charge is 0.303 e. The van der Waals surface area contributed by atoms with Crippen molar-refractivity contribution in [2.75, 3.05) is 0 Å². The molecule has 0 aromatic rings. The number of rotatable bonds is 6. The molecule has 1 amide bonds. The molecule has 5 heteroatoms. The standard InChI is InChI=1S/C17H27NO4/c1-6-7-16-11(2)10-15(13(4)22-16)18-17(20)9-8-12(3)21-14(5)19/h6,8-9,11-13,15-16H,1,7,10H2,2-5H3,(H,18,20)/b9-8-/t11?,12?,13-,15-,16?/m1/s1. The third kappa shape index (κ3) is 6.02.